The highest BCUT2D eigenvalue weighted by Crippen LogP contribution is 2.51. The summed E-state index contributed by atoms with van der Waals surface area (Å²) in [5.41, 5.74) is 0.165. The van der Waals surface area contributed by atoms with E-state index in [1.165, 1.54) is 12.7 Å². The van der Waals surface area contributed by atoms with Crippen LogP contribution < -0.4 is 0 Å². The molecule has 0 aromatic heterocycles. The number of benzene rings is 1. The number of carbonyl (C=O) groups excluding carboxylic acids is 2. The van der Waals surface area contributed by atoms with Crippen LogP contribution in [0.3, 0.4) is 0 Å². The highest BCUT2D eigenvalue weighted by atomic mass is 16.6. The van der Waals surface area contributed by atoms with Gasteiger partial charge in [-0.15, -0.1) is 6.58 Å². The van der Waals surface area contributed by atoms with Crippen LogP contribution in [0.1, 0.15) is 39.2 Å². The van der Waals surface area contributed by atoms with Gasteiger partial charge in [-0.1, -0.05) is 36.4 Å². The number of ether oxygens (including phenoxy) is 2. The second-order valence-corrected chi connectivity index (χ2v) is 9.01. The molecule has 0 spiro atoms. The fraction of sp³-hybridized carbons (Fsp3) is 0.565. The van der Waals surface area contributed by atoms with Gasteiger partial charge in [-0.3, -0.25) is 9.80 Å². The summed E-state index contributed by atoms with van der Waals surface area (Å²) in [5, 5.41) is 0. The lowest BCUT2D eigenvalue weighted by molar-refractivity contribution is -0.149. The maximum absolute atomic E-state index is 13.0. The summed E-state index contributed by atoms with van der Waals surface area (Å²) in [5.74, 6) is -0.387. The quantitative estimate of drug-likeness (QED) is 0.558. The monoisotopic (exact) mass is 400 g/mol. The van der Waals surface area contributed by atoms with Crippen molar-refractivity contribution in [3.63, 3.8) is 0 Å². The van der Waals surface area contributed by atoms with Crippen LogP contribution in [0.25, 0.3) is 0 Å². The first-order valence-corrected chi connectivity index (χ1v) is 10.2. The number of hydrogen-bond donors (Lipinski definition) is 0. The Morgan fingerprint density at radius 3 is 2.55 bits per heavy atom. The minimum Gasteiger partial charge on any atom is -0.467 e. The molecule has 0 bridgehead atoms. The van der Waals surface area contributed by atoms with Crippen molar-refractivity contribution in [1.82, 2.24) is 9.80 Å². The molecule has 2 aliphatic heterocycles. The summed E-state index contributed by atoms with van der Waals surface area (Å²) in [6.07, 6.45) is 2.83. The Balaban J connectivity index is 1.94. The van der Waals surface area contributed by atoms with Crippen molar-refractivity contribution in [3.05, 3.63) is 48.6 Å². The predicted octanol–water partition coefficient (Wildman–Crippen LogP) is 3.62. The predicted molar refractivity (Wildman–Crippen MR) is 111 cm³/mol. The molecule has 1 aromatic carbocycles. The maximum atomic E-state index is 13.0. The molecule has 6 heteroatoms. The van der Waals surface area contributed by atoms with Crippen LogP contribution in [0.2, 0.25) is 0 Å². The van der Waals surface area contributed by atoms with Crippen molar-refractivity contribution in [1.29, 1.82) is 0 Å². The number of nitrogens with zero attached hydrogens (tertiary/aromatic N) is 2. The van der Waals surface area contributed by atoms with Gasteiger partial charge in [0.25, 0.3) is 0 Å². The number of allylic oxidation sites excluding steroid dienone is 1. The van der Waals surface area contributed by atoms with E-state index >= 15 is 0 Å². The minimum atomic E-state index is -0.675. The zero-order chi connectivity index (χ0) is 21.2. The van der Waals surface area contributed by atoms with Gasteiger partial charge in [-0.2, -0.15) is 0 Å². The van der Waals surface area contributed by atoms with Gasteiger partial charge < -0.3 is 9.47 Å². The molecule has 2 saturated heterocycles. The fourth-order valence-electron chi connectivity index (χ4n) is 4.86. The number of likely N-dealkylation sites (tertiary alicyclic amines) is 2. The van der Waals surface area contributed by atoms with E-state index in [0.717, 1.165) is 19.5 Å². The molecule has 158 valence electrons. The lowest BCUT2D eigenvalue weighted by Gasteiger charge is -2.35. The molecule has 0 N–H and O–H groups in total. The molecular formula is C23H32N2O4. The van der Waals surface area contributed by atoms with E-state index in [-0.39, 0.29) is 12.0 Å². The minimum absolute atomic E-state index is 0.0392. The highest BCUT2D eigenvalue weighted by molar-refractivity contribution is 5.84. The van der Waals surface area contributed by atoms with E-state index in [9.17, 15) is 9.59 Å². The van der Waals surface area contributed by atoms with E-state index < -0.39 is 23.2 Å². The maximum Gasteiger partial charge on any atom is 0.411 e. The van der Waals surface area contributed by atoms with Gasteiger partial charge in [0.15, 0.2) is 0 Å². The van der Waals surface area contributed by atoms with Gasteiger partial charge in [0.05, 0.1) is 7.11 Å². The molecule has 3 rings (SSSR count). The number of hydrogen-bond acceptors (Lipinski definition) is 5. The zero-order valence-electron chi connectivity index (χ0n) is 17.9. The van der Waals surface area contributed by atoms with Gasteiger partial charge in [0.1, 0.15) is 11.6 Å². The van der Waals surface area contributed by atoms with Gasteiger partial charge in [-0.25, -0.2) is 9.59 Å². The van der Waals surface area contributed by atoms with E-state index in [4.69, 9.17) is 9.47 Å². The topological polar surface area (TPSA) is 59.1 Å². The van der Waals surface area contributed by atoms with Gasteiger partial charge in [0, 0.05) is 24.5 Å². The Hall–Kier alpha value is -2.34. The number of fused-ring (bicyclic) bond motifs is 1. The Bertz CT molecular complexity index is 758. The lowest BCUT2D eigenvalue weighted by Crippen LogP contribution is -2.50. The normalized spacial score (nSPS) is 26.8. The molecule has 0 saturated carbocycles. The number of methoxy groups -OCH3 is 1. The Morgan fingerprint density at radius 1 is 1.28 bits per heavy atom. The summed E-state index contributed by atoms with van der Waals surface area (Å²) < 4.78 is 10.8. The number of amides is 1. The van der Waals surface area contributed by atoms with E-state index in [2.05, 4.69) is 23.6 Å². The SMILES string of the molecule is C=CC[C@]12CCN(Cc3ccccc3)C1CN(C(=O)OC(C)(C)C)[C@@H]2C(=O)OC. The molecule has 2 fully saturated rings. The zero-order valence-corrected chi connectivity index (χ0v) is 17.9. The number of carbonyl (C=O) groups is 2. The van der Waals surface area contributed by atoms with Crippen LogP contribution in [0.4, 0.5) is 4.79 Å². The van der Waals surface area contributed by atoms with Crippen LogP contribution in [-0.2, 0) is 20.8 Å². The number of esters is 1. The third-order valence-electron chi connectivity index (χ3n) is 6.00. The van der Waals surface area contributed by atoms with Crippen molar-refractivity contribution >= 4 is 12.1 Å². The van der Waals surface area contributed by atoms with Crippen molar-refractivity contribution in [2.75, 3.05) is 20.2 Å². The van der Waals surface area contributed by atoms with Crippen molar-refractivity contribution in [2.45, 2.75) is 57.8 Å². The average Bonchev–Trinajstić information content (AvgIpc) is 3.15. The first-order valence-electron chi connectivity index (χ1n) is 10.2. The molecule has 2 aliphatic rings. The van der Waals surface area contributed by atoms with Gasteiger partial charge in [0.2, 0.25) is 0 Å². The third kappa shape index (κ3) is 4.17. The third-order valence-corrected chi connectivity index (χ3v) is 6.00. The average molecular weight is 401 g/mol. The first kappa shape index (κ1) is 21.4. The molecule has 0 radical (unpaired) electrons. The highest BCUT2D eigenvalue weighted by Gasteiger charge is 2.63. The summed E-state index contributed by atoms with van der Waals surface area (Å²) in [7, 11) is 1.38. The number of rotatable bonds is 5. The van der Waals surface area contributed by atoms with Gasteiger partial charge >= 0.3 is 12.1 Å². The summed E-state index contributed by atoms with van der Waals surface area (Å²) in [6, 6.07) is 9.63. The molecule has 29 heavy (non-hydrogen) atoms. The van der Waals surface area contributed by atoms with E-state index in [1.54, 1.807) is 4.90 Å². The van der Waals surface area contributed by atoms with Crippen molar-refractivity contribution < 1.29 is 19.1 Å². The van der Waals surface area contributed by atoms with Crippen molar-refractivity contribution in [3.8, 4) is 0 Å². The second-order valence-electron chi connectivity index (χ2n) is 9.01. The second kappa shape index (κ2) is 8.19. The van der Waals surface area contributed by atoms with Crippen molar-refractivity contribution in [2.24, 2.45) is 5.41 Å². The molecule has 1 aromatic rings. The van der Waals surface area contributed by atoms with E-state index in [1.807, 2.05) is 45.0 Å². The van der Waals surface area contributed by atoms with Crippen LogP contribution in [0.5, 0.6) is 0 Å². The van der Waals surface area contributed by atoms with Crippen LogP contribution >= 0.6 is 0 Å². The molecule has 1 unspecified atom stereocenters. The Morgan fingerprint density at radius 2 is 1.97 bits per heavy atom. The summed E-state index contributed by atoms with van der Waals surface area (Å²) in [6.45, 7) is 11.5. The molecular weight excluding hydrogens is 368 g/mol. The lowest BCUT2D eigenvalue weighted by atomic mass is 9.74. The summed E-state index contributed by atoms with van der Waals surface area (Å²) >= 11 is 0. The fourth-order valence-corrected chi connectivity index (χ4v) is 4.86. The summed E-state index contributed by atoms with van der Waals surface area (Å²) in [4.78, 5) is 29.8. The van der Waals surface area contributed by atoms with E-state index in [0.29, 0.717) is 13.0 Å². The largest absolute Gasteiger partial charge is 0.467 e. The van der Waals surface area contributed by atoms with Crippen LogP contribution in [-0.4, -0.2) is 59.7 Å². The molecule has 6 nitrogen and oxygen atoms in total. The molecule has 1 amide bonds. The van der Waals surface area contributed by atoms with Crippen LogP contribution in [0, 0.1) is 5.41 Å². The Kier molecular flexibility index (Phi) is 6.03. The van der Waals surface area contributed by atoms with Crippen LogP contribution in [0.15, 0.2) is 43.0 Å². The Labute approximate surface area is 173 Å². The molecule has 3 atom stereocenters. The molecule has 2 heterocycles. The standard InChI is InChI=1S/C23H32N2O4/c1-6-12-23-13-14-24(15-17-10-8-7-9-11-17)18(23)16-25(19(23)20(26)28-5)21(27)29-22(2,3)4/h6-11,18-19H,1,12-16H2,2-5H3/t18?,19-,23+/m1/s1. The smallest absolute Gasteiger partial charge is 0.411 e. The van der Waals surface area contributed by atoms with Gasteiger partial charge in [-0.05, 0) is 45.7 Å². The first-order chi connectivity index (χ1) is 13.7. The molecule has 0 aliphatic carbocycles.